The van der Waals surface area contributed by atoms with Gasteiger partial charge >= 0.3 is 17.9 Å². The largest absolute Gasteiger partial charge is 0.462 e. The van der Waals surface area contributed by atoms with Gasteiger partial charge in [-0.05, 0) is 31.1 Å². The number of carbonyl (C=O) groups is 3. The molecule has 1 unspecified atom stereocenters. The molecule has 0 aliphatic heterocycles. The summed E-state index contributed by atoms with van der Waals surface area (Å²) in [6.45, 7) is 11.2. The van der Waals surface area contributed by atoms with Crippen molar-refractivity contribution in [3.8, 4) is 0 Å². The van der Waals surface area contributed by atoms with E-state index < -0.39 is 6.10 Å². The highest BCUT2D eigenvalue weighted by Crippen LogP contribution is 2.16. The zero-order chi connectivity index (χ0) is 36.2. The molecule has 0 heterocycles. The summed E-state index contributed by atoms with van der Waals surface area (Å²) in [5.41, 5.74) is 0. The molecule has 0 saturated heterocycles. The van der Waals surface area contributed by atoms with Gasteiger partial charge in [0.15, 0.2) is 6.10 Å². The Bertz CT molecular complexity index is 751. The van der Waals surface area contributed by atoms with Crippen molar-refractivity contribution in [2.24, 2.45) is 11.8 Å². The molecule has 0 aliphatic carbocycles. The highest BCUT2D eigenvalue weighted by Gasteiger charge is 2.19. The molecule has 0 spiro atoms. The SMILES string of the molecule is CCCCCCCCCCCCCCC(=O)OC[C@@H](COC(=O)CCCCCCCCC(C)C)OC(=O)CCCCCCCCC(C)CC. The van der Waals surface area contributed by atoms with Crippen molar-refractivity contribution in [2.45, 2.75) is 233 Å². The molecule has 2 atom stereocenters. The first-order valence-corrected chi connectivity index (χ1v) is 21.3. The lowest BCUT2D eigenvalue weighted by Gasteiger charge is -2.18. The molecule has 290 valence electrons. The molecule has 0 rings (SSSR count). The van der Waals surface area contributed by atoms with Crippen molar-refractivity contribution >= 4 is 17.9 Å². The molecule has 6 nitrogen and oxygen atoms in total. The summed E-state index contributed by atoms with van der Waals surface area (Å²) in [6, 6.07) is 0. The van der Waals surface area contributed by atoms with Gasteiger partial charge in [0.2, 0.25) is 0 Å². The number of hydrogen-bond acceptors (Lipinski definition) is 6. The van der Waals surface area contributed by atoms with Crippen LogP contribution in [0.15, 0.2) is 0 Å². The van der Waals surface area contributed by atoms with Gasteiger partial charge in [-0.15, -0.1) is 0 Å². The first-order chi connectivity index (χ1) is 23.8. The van der Waals surface area contributed by atoms with Crippen LogP contribution < -0.4 is 0 Å². The summed E-state index contributed by atoms with van der Waals surface area (Å²) in [5, 5.41) is 0. The van der Waals surface area contributed by atoms with E-state index in [1.54, 1.807) is 0 Å². The van der Waals surface area contributed by atoms with Crippen molar-refractivity contribution in [3.05, 3.63) is 0 Å². The van der Waals surface area contributed by atoms with E-state index in [9.17, 15) is 14.4 Å². The Kier molecular flexibility index (Phi) is 35.0. The van der Waals surface area contributed by atoms with E-state index in [1.165, 1.54) is 116 Å². The van der Waals surface area contributed by atoms with E-state index in [4.69, 9.17) is 14.2 Å². The molecular formula is C43H82O6. The average molecular weight is 695 g/mol. The van der Waals surface area contributed by atoms with Gasteiger partial charge in [0.25, 0.3) is 0 Å². The van der Waals surface area contributed by atoms with Crippen LogP contribution in [0.2, 0.25) is 0 Å². The number of ether oxygens (including phenoxy) is 3. The molecule has 49 heavy (non-hydrogen) atoms. The van der Waals surface area contributed by atoms with Crippen LogP contribution in [0.5, 0.6) is 0 Å². The standard InChI is InChI=1S/C43H82O6/c1-6-8-9-10-11-12-13-14-15-16-23-28-33-41(44)47-36-40(37-48-42(45)34-29-24-19-17-21-26-31-38(3)4)49-43(46)35-30-25-20-18-22-27-32-39(5)7-2/h38-40H,6-37H2,1-5H3/t39?,40-/m0/s1. The van der Waals surface area contributed by atoms with Gasteiger partial charge < -0.3 is 14.2 Å². The predicted octanol–water partition coefficient (Wildman–Crippen LogP) is 13.0. The average Bonchev–Trinajstić information content (AvgIpc) is 3.08. The van der Waals surface area contributed by atoms with Crippen LogP contribution in [-0.4, -0.2) is 37.2 Å². The summed E-state index contributed by atoms with van der Waals surface area (Å²) in [7, 11) is 0. The third-order valence-electron chi connectivity index (χ3n) is 9.83. The molecule has 0 fully saturated rings. The van der Waals surface area contributed by atoms with Gasteiger partial charge in [0, 0.05) is 19.3 Å². The highest BCUT2D eigenvalue weighted by molar-refractivity contribution is 5.71. The second-order valence-corrected chi connectivity index (χ2v) is 15.3. The Labute approximate surface area is 304 Å². The summed E-state index contributed by atoms with van der Waals surface area (Å²) in [5.74, 6) is 0.704. The Balaban J connectivity index is 4.35. The predicted molar refractivity (Wildman–Crippen MR) is 206 cm³/mol. The number of rotatable bonds is 37. The Morgan fingerprint density at radius 3 is 1.16 bits per heavy atom. The second kappa shape index (κ2) is 36.2. The molecule has 0 radical (unpaired) electrons. The van der Waals surface area contributed by atoms with Crippen LogP contribution in [0.3, 0.4) is 0 Å². The maximum absolute atomic E-state index is 12.6. The summed E-state index contributed by atoms with van der Waals surface area (Å²) in [4.78, 5) is 37.5. The molecule has 0 aliphatic rings. The van der Waals surface area contributed by atoms with Crippen molar-refractivity contribution in [1.82, 2.24) is 0 Å². The molecule has 0 aromatic rings. The number of unbranched alkanes of at least 4 members (excludes halogenated alkanes) is 21. The lowest BCUT2D eigenvalue weighted by Crippen LogP contribution is -2.30. The molecule has 6 heteroatoms. The third-order valence-corrected chi connectivity index (χ3v) is 9.83. The Morgan fingerprint density at radius 2 is 0.776 bits per heavy atom. The molecule has 0 N–H and O–H groups in total. The van der Waals surface area contributed by atoms with Gasteiger partial charge in [0.1, 0.15) is 13.2 Å². The maximum atomic E-state index is 12.6. The van der Waals surface area contributed by atoms with E-state index in [2.05, 4.69) is 34.6 Å². The van der Waals surface area contributed by atoms with E-state index in [-0.39, 0.29) is 31.1 Å². The molecular weight excluding hydrogens is 612 g/mol. The molecule has 0 amide bonds. The number of hydrogen-bond donors (Lipinski definition) is 0. The van der Waals surface area contributed by atoms with Crippen LogP contribution in [0, 0.1) is 11.8 Å². The minimum absolute atomic E-state index is 0.0668. The van der Waals surface area contributed by atoms with Crippen molar-refractivity contribution in [3.63, 3.8) is 0 Å². The van der Waals surface area contributed by atoms with Gasteiger partial charge in [-0.1, -0.05) is 189 Å². The van der Waals surface area contributed by atoms with E-state index in [1.807, 2.05) is 0 Å². The van der Waals surface area contributed by atoms with E-state index in [0.29, 0.717) is 19.3 Å². The van der Waals surface area contributed by atoms with Crippen molar-refractivity contribution in [1.29, 1.82) is 0 Å². The molecule has 0 saturated carbocycles. The van der Waals surface area contributed by atoms with Crippen LogP contribution in [0.1, 0.15) is 227 Å². The maximum Gasteiger partial charge on any atom is 0.306 e. The summed E-state index contributed by atoms with van der Waals surface area (Å²) >= 11 is 0. The minimum atomic E-state index is -0.760. The van der Waals surface area contributed by atoms with Crippen LogP contribution in [-0.2, 0) is 28.6 Å². The Hall–Kier alpha value is -1.59. The van der Waals surface area contributed by atoms with Crippen molar-refractivity contribution < 1.29 is 28.6 Å². The minimum Gasteiger partial charge on any atom is -0.462 e. The van der Waals surface area contributed by atoms with Crippen LogP contribution in [0.25, 0.3) is 0 Å². The lowest BCUT2D eigenvalue weighted by atomic mass is 10.00. The van der Waals surface area contributed by atoms with Gasteiger partial charge in [-0.2, -0.15) is 0 Å². The summed E-state index contributed by atoms with van der Waals surface area (Å²) in [6.07, 6.45) is 32.4. The lowest BCUT2D eigenvalue weighted by molar-refractivity contribution is -0.167. The quantitative estimate of drug-likeness (QED) is 0.0366. The summed E-state index contributed by atoms with van der Waals surface area (Å²) < 4.78 is 16.6. The van der Waals surface area contributed by atoms with Crippen LogP contribution in [0.4, 0.5) is 0 Å². The number of carbonyl (C=O) groups excluding carboxylic acids is 3. The van der Waals surface area contributed by atoms with Gasteiger partial charge in [-0.25, -0.2) is 0 Å². The fraction of sp³-hybridized carbons (Fsp3) is 0.930. The molecule has 0 aromatic carbocycles. The zero-order valence-corrected chi connectivity index (χ0v) is 33.3. The Morgan fingerprint density at radius 1 is 0.429 bits per heavy atom. The molecule has 0 aromatic heterocycles. The third kappa shape index (κ3) is 36.0. The number of esters is 3. The fourth-order valence-corrected chi connectivity index (χ4v) is 6.19. The molecule has 0 bridgehead atoms. The first-order valence-electron chi connectivity index (χ1n) is 21.3. The first kappa shape index (κ1) is 47.4. The van der Waals surface area contributed by atoms with Gasteiger partial charge in [0.05, 0.1) is 0 Å². The van der Waals surface area contributed by atoms with E-state index >= 15 is 0 Å². The second-order valence-electron chi connectivity index (χ2n) is 15.3. The fourth-order valence-electron chi connectivity index (χ4n) is 6.19. The zero-order valence-electron chi connectivity index (χ0n) is 33.3. The van der Waals surface area contributed by atoms with E-state index in [0.717, 1.165) is 69.6 Å². The van der Waals surface area contributed by atoms with Crippen LogP contribution >= 0.6 is 0 Å². The van der Waals surface area contributed by atoms with Gasteiger partial charge in [-0.3, -0.25) is 14.4 Å². The topological polar surface area (TPSA) is 78.9 Å². The normalized spacial score (nSPS) is 12.6. The smallest absolute Gasteiger partial charge is 0.306 e. The highest BCUT2D eigenvalue weighted by atomic mass is 16.6. The van der Waals surface area contributed by atoms with Crippen molar-refractivity contribution in [2.75, 3.05) is 13.2 Å². The monoisotopic (exact) mass is 695 g/mol.